The van der Waals surface area contributed by atoms with Crippen LogP contribution in [0.2, 0.25) is 0 Å². The third-order valence-electron chi connectivity index (χ3n) is 4.03. The van der Waals surface area contributed by atoms with Gasteiger partial charge < -0.3 is 5.32 Å². The van der Waals surface area contributed by atoms with Gasteiger partial charge in [-0.3, -0.25) is 0 Å². The Morgan fingerprint density at radius 1 is 1.33 bits per heavy atom. The van der Waals surface area contributed by atoms with Gasteiger partial charge in [0.15, 0.2) is 0 Å². The SMILES string of the molecule is CCC1CCC(CNc2ncccc2C#N)CC1. The molecule has 96 valence electrons. The van der Waals surface area contributed by atoms with Crippen molar-refractivity contribution in [1.82, 2.24) is 4.98 Å². The topological polar surface area (TPSA) is 48.7 Å². The fourth-order valence-electron chi connectivity index (χ4n) is 2.72. The minimum absolute atomic E-state index is 0.639. The molecule has 1 aliphatic rings. The van der Waals surface area contributed by atoms with E-state index in [2.05, 4.69) is 23.3 Å². The first-order valence-corrected chi connectivity index (χ1v) is 6.92. The van der Waals surface area contributed by atoms with Crippen LogP contribution in [0.4, 0.5) is 5.82 Å². The van der Waals surface area contributed by atoms with Gasteiger partial charge in [0.2, 0.25) is 0 Å². The lowest BCUT2D eigenvalue weighted by atomic mass is 9.81. The average Bonchev–Trinajstić information content (AvgIpc) is 2.46. The molecule has 0 bridgehead atoms. The Bertz CT molecular complexity index is 414. The van der Waals surface area contributed by atoms with Gasteiger partial charge in [-0.2, -0.15) is 5.26 Å². The summed E-state index contributed by atoms with van der Waals surface area (Å²) < 4.78 is 0. The highest BCUT2D eigenvalue weighted by Crippen LogP contribution is 2.30. The van der Waals surface area contributed by atoms with E-state index in [1.54, 1.807) is 12.3 Å². The number of rotatable bonds is 4. The summed E-state index contributed by atoms with van der Waals surface area (Å²) in [4.78, 5) is 4.23. The van der Waals surface area contributed by atoms with Gasteiger partial charge in [0.05, 0.1) is 5.56 Å². The molecule has 0 amide bonds. The van der Waals surface area contributed by atoms with E-state index in [9.17, 15) is 0 Å². The molecule has 0 aromatic carbocycles. The van der Waals surface area contributed by atoms with Crippen molar-refractivity contribution in [3.05, 3.63) is 23.9 Å². The van der Waals surface area contributed by atoms with Crippen LogP contribution in [-0.2, 0) is 0 Å². The second-order valence-electron chi connectivity index (χ2n) is 5.19. The molecular weight excluding hydrogens is 222 g/mol. The van der Waals surface area contributed by atoms with Crippen LogP contribution in [0.5, 0.6) is 0 Å². The van der Waals surface area contributed by atoms with Crippen LogP contribution in [0.15, 0.2) is 18.3 Å². The number of hydrogen-bond acceptors (Lipinski definition) is 3. The standard InChI is InChI=1S/C15H21N3/c1-2-12-5-7-13(8-6-12)11-18-15-14(10-16)4-3-9-17-15/h3-4,9,12-13H,2,5-8,11H2,1H3,(H,17,18). The highest BCUT2D eigenvalue weighted by Gasteiger charge is 2.19. The Labute approximate surface area is 109 Å². The van der Waals surface area contributed by atoms with Crippen molar-refractivity contribution < 1.29 is 0 Å². The normalized spacial score (nSPS) is 23.3. The minimum Gasteiger partial charge on any atom is -0.369 e. The van der Waals surface area contributed by atoms with Crippen molar-refractivity contribution >= 4 is 5.82 Å². The average molecular weight is 243 g/mol. The zero-order valence-corrected chi connectivity index (χ0v) is 11.0. The largest absolute Gasteiger partial charge is 0.369 e. The van der Waals surface area contributed by atoms with E-state index in [-0.39, 0.29) is 0 Å². The third-order valence-corrected chi connectivity index (χ3v) is 4.03. The summed E-state index contributed by atoms with van der Waals surface area (Å²) in [6.45, 7) is 3.23. The molecule has 1 aliphatic carbocycles. The number of aromatic nitrogens is 1. The Kier molecular flexibility index (Phi) is 4.58. The van der Waals surface area contributed by atoms with Gasteiger partial charge in [0, 0.05) is 12.7 Å². The first-order valence-electron chi connectivity index (χ1n) is 6.92. The molecule has 1 N–H and O–H groups in total. The van der Waals surface area contributed by atoms with Gasteiger partial charge in [-0.1, -0.05) is 26.2 Å². The molecule has 0 atom stereocenters. The molecule has 18 heavy (non-hydrogen) atoms. The lowest BCUT2D eigenvalue weighted by Crippen LogP contribution is -2.21. The first kappa shape index (κ1) is 12.9. The Morgan fingerprint density at radius 2 is 2.06 bits per heavy atom. The molecule has 1 saturated carbocycles. The summed E-state index contributed by atoms with van der Waals surface area (Å²) in [5.74, 6) is 2.41. The van der Waals surface area contributed by atoms with Crippen molar-refractivity contribution in [3.8, 4) is 6.07 Å². The number of nitrogens with one attached hydrogen (secondary N) is 1. The molecule has 1 fully saturated rings. The molecular formula is C15H21N3. The van der Waals surface area contributed by atoms with E-state index in [0.717, 1.165) is 24.2 Å². The second kappa shape index (κ2) is 6.39. The molecule has 2 rings (SSSR count). The summed E-state index contributed by atoms with van der Waals surface area (Å²) in [6, 6.07) is 5.79. The minimum atomic E-state index is 0.639. The Hall–Kier alpha value is -1.56. The van der Waals surface area contributed by atoms with E-state index in [0.29, 0.717) is 5.56 Å². The first-order chi connectivity index (χ1) is 8.83. The van der Waals surface area contributed by atoms with E-state index in [4.69, 9.17) is 5.26 Å². The van der Waals surface area contributed by atoms with Crippen molar-refractivity contribution in [2.24, 2.45) is 11.8 Å². The van der Waals surface area contributed by atoms with Gasteiger partial charge in [0.1, 0.15) is 11.9 Å². The highest BCUT2D eigenvalue weighted by molar-refractivity contribution is 5.51. The van der Waals surface area contributed by atoms with Crippen molar-refractivity contribution in [2.75, 3.05) is 11.9 Å². The predicted octanol–water partition coefficient (Wildman–Crippen LogP) is 3.58. The second-order valence-corrected chi connectivity index (χ2v) is 5.19. The smallest absolute Gasteiger partial charge is 0.143 e. The Balaban J connectivity index is 1.84. The van der Waals surface area contributed by atoms with Gasteiger partial charge >= 0.3 is 0 Å². The zero-order chi connectivity index (χ0) is 12.8. The summed E-state index contributed by atoms with van der Waals surface area (Å²) >= 11 is 0. The molecule has 0 spiro atoms. The van der Waals surface area contributed by atoms with Gasteiger partial charge in [0.25, 0.3) is 0 Å². The lowest BCUT2D eigenvalue weighted by Gasteiger charge is -2.28. The number of nitriles is 1. The van der Waals surface area contributed by atoms with E-state index in [1.807, 2.05) is 6.07 Å². The van der Waals surface area contributed by atoms with E-state index < -0.39 is 0 Å². The van der Waals surface area contributed by atoms with Crippen LogP contribution in [0, 0.1) is 23.2 Å². The van der Waals surface area contributed by atoms with Crippen LogP contribution >= 0.6 is 0 Å². The van der Waals surface area contributed by atoms with Crippen molar-refractivity contribution in [2.45, 2.75) is 39.0 Å². The van der Waals surface area contributed by atoms with Gasteiger partial charge in [-0.05, 0) is 36.8 Å². The monoisotopic (exact) mass is 243 g/mol. The van der Waals surface area contributed by atoms with Crippen molar-refractivity contribution in [1.29, 1.82) is 5.26 Å². The summed E-state index contributed by atoms with van der Waals surface area (Å²) in [6.07, 6.45) is 8.38. The van der Waals surface area contributed by atoms with Crippen molar-refractivity contribution in [3.63, 3.8) is 0 Å². The fraction of sp³-hybridized carbons (Fsp3) is 0.600. The summed E-state index contributed by atoms with van der Waals surface area (Å²) in [5.41, 5.74) is 0.639. The molecule has 0 unspecified atom stereocenters. The number of hydrogen-bond donors (Lipinski definition) is 1. The molecule has 0 radical (unpaired) electrons. The van der Waals surface area contributed by atoms with Gasteiger partial charge in [-0.15, -0.1) is 0 Å². The highest BCUT2D eigenvalue weighted by atomic mass is 15.0. The van der Waals surface area contributed by atoms with Crippen LogP contribution < -0.4 is 5.32 Å². The van der Waals surface area contributed by atoms with Crippen LogP contribution in [0.25, 0.3) is 0 Å². The summed E-state index contributed by atoms with van der Waals surface area (Å²) in [7, 11) is 0. The summed E-state index contributed by atoms with van der Waals surface area (Å²) in [5, 5.41) is 12.3. The maximum atomic E-state index is 8.99. The zero-order valence-electron chi connectivity index (χ0n) is 11.0. The quantitative estimate of drug-likeness (QED) is 0.879. The van der Waals surface area contributed by atoms with E-state index in [1.165, 1.54) is 32.1 Å². The number of pyridine rings is 1. The lowest BCUT2D eigenvalue weighted by molar-refractivity contribution is 0.278. The fourth-order valence-corrected chi connectivity index (χ4v) is 2.72. The molecule has 1 aromatic rings. The van der Waals surface area contributed by atoms with Crippen LogP contribution in [0.3, 0.4) is 0 Å². The van der Waals surface area contributed by atoms with Crippen LogP contribution in [-0.4, -0.2) is 11.5 Å². The number of anilines is 1. The van der Waals surface area contributed by atoms with Crippen LogP contribution in [0.1, 0.15) is 44.6 Å². The maximum absolute atomic E-state index is 8.99. The molecule has 3 heteroatoms. The Morgan fingerprint density at radius 3 is 2.72 bits per heavy atom. The molecule has 0 saturated heterocycles. The third kappa shape index (κ3) is 3.22. The maximum Gasteiger partial charge on any atom is 0.143 e. The van der Waals surface area contributed by atoms with E-state index >= 15 is 0 Å². The molecule has 1 aromatic heterocycles. The van der Waals surface area contributed by atoms with Gasteiger partial charge in [-0.25, -0.2) is 4.98 Å². The molecule has 0 aliphatic heterocycles. The predicted molar refractivity (Wildman–Crippen MR) is 73.2 cm³/mol. The molecule has 1 heterocycles. The molecule has 3 nitrogen and oxygen atoms in total. The number of nitrogens with zero attached hydrogens (tertiary/aromatic N) is 2.